The molecule has 8 nitrogen and oxygen atoms in total. The van der Waals surface area contributed by atoms with E-state index in [0.717, 1.165) is 27.6 Å². The summed E-state index contributed by atoms with van der Waals surface area (Å²) in [7, 11) is 0.552. The number of thiazole rings is 1. The number of ether oxygens (including phenoxy) is 2. The summed E-state index contributed by atoms with van der Waals surface area (Å²) in [5.41, 5.74) is 5.35. The van der Waals surface area contributed by atoms with Crippen molar-refractivity contribution in [2.24, 2.45) is 5.73 Å². The fraction of sp³-hybridized carbons (Fsp3) is 0.615. The van der Waals surface area contributed by atoms with Gasteiger partial charge < -0.3 is 20.5 Å². The van der Waals surface area contributed by atoms with E-state index in [1.807, 2.05) is 52.2 Å². The molecule has 1 atom stereocenters. The lowest BCUT2D eigenvalue weighted by molar-refractivity contribution is 0.125. The number of carbonyl (C=O) groups excluding carboxylic acids is 1. The van der Waals surface area contributed by atoms with E-state index >= 15 is 0 Å². The van der Waals surface area contributed by atoms with Gasteiger partial charge in [0, 0.05) is 29.8 Å². The molecular formula is C26H42N4O4S2. The maximum absolute atomic E-state index is 13.2. The topological polar surface area (TPSA) is 116 Å². The predicted molar refractivity (Wildman–Crippen MR) is 148 cm³/mol. The first-order valence-corrected chi connectivity index (χ1v) is 14.5. The summed E-state index contributed by atoms with van der Waals surface area (Å²) < 4.78 is 26.6. The van der Waals surface area contributed by atoms with Crippen molar-refractivity contribution < 1.29 is 18.5 Å². The van der Waals surface area contributed by atoms with Gasteiger partial charge in [0.05, 0.1) is 20.9 Å². The summed E-state index contributed by atoms with van der Waals surface area (Å²) in [6, 6.07) is 5.88. The van der Waals surface area contributed by atoms with Crippen LogP contribution in [0.2, 0.25) is 0 Å². The van der Waals surface area contributed by atoms with Crippen LogP contribution in [0.4, 0.5) is 4.79 Å². The van der Waals surface area contributed by atoms with Crippen molar-refractivity contribution in [3.8, 4) is 16.2 Å². The van der Waals surface area contributed by atoms with E-state index in [1.54, 1.807) is 25.2 Å². The summed E-state index contributed by atoms with van der Waals surface area (Å²) >= 11 is 1.75. The fourth-order valence-electron chi connectivity index (χ4n) is 3.74. The molecule has 1 fully saturated rings. The monoisotopic (exact) mass is 538 g/mol. The van der Waals surface area contributed by atoms with Gasteiger partial charge in [-0.05, 0) is 72.7 Å². The number of nitrogens with one attached hydrogen (secondary N) is 2. The van der Waals surface area contributed by atoms with Gasteiger partial charge in [0.15, 0.2) is 0 Å². The van der Waals surface area contributed by atoms with Crippen LogP contribution in [0, 0.1) is 0 Å². The van der Waals surface area contributed by atoms with Crippen molar-refractivity contribution in [3.05, 3.63) is 29.4 Å². The second-order valence-electron chi connectivity index (χ2n) is 10.1. The van der Waals surface area contributed by atoms with Crippen LogP contribution in [0.1, 0.15) is 77.6 Å². The maximum atomic E-state index is 13.2. The Morgan fingerprint density at radius 2 is 1.94 bits per heavy atom. The van der Waals surface area contributed by atoms with Crippen molar-refractivity contribution in [1.29, 1.82) is 0 Å². The van der Waals surface area contributed by atoms with E-state index in [2.05, 4.69) is 20.5 Å². The SMILES string of the molecule is CC(C)OC(N)=O.CNCCOc1ccc(-c2cnc(C3CCCCC3)s2)c(S(=O)NC(C)(C)C)c1. The molecule has 202 valence electrons. The van der Waals surface area contributed by atoms with E-state index in [0.29, 0.717) is 12.5 Å². The van der Waals surface area contributed by atoms with Gasteiger partial charge in [-0.1, -0.05) is 19.3 Å². The molecule has 1 amide bonds. The van der Waals surface area contributed by atoms with Crippen LogP contribution in [-0.2, 0) is 15.7 Å². The largest absolute Gasteiger partial charge is 0.492 e. The molecule has 1 unspecified atom stereocenters. The number of aromatic nitrogens is 1. The lowest BCUT2D eigenvalue weighted by Gasteiger charge is -2.21. The molecule has 36 heavy (non-hydrogen) atoms. The Balaban J connectivity index is 0.000000572. The zero-order chi connectivity index (χ0) is 26.7. The molecule has 1 saturated carbocycles. The van der Waals surface area contributed by atoms with Crippen LogP contribution in [-0.4, -0.2) is 47.1 Å². The third-order valence-electron chi connectivity index (χ3n) is 5.27. The summed E-state index contributed by atoms with van der Waals surface area (Å²) in [5.74, 6) is 1.31. The highest BCUT2D eigenvalue weighted by molar-refractivity contribution is 7.83. The number of benzene rings is 1. The lowest BCUT2D eigenvalue weighted by atomic mass is 9.90. The van der Waals surface area contributed by atoms with E-state index in [-0.39, 0.29) is 11.6 Å². The number of carbonyl (C=O) groups is 1. The first-order valence-electron chi connectivity index (χ1n) is 12.5. The zero-order valence-electron chi connectivity index (χ0n) is 22.4. The summed E-state index contributed by atoms with van der Waals surface area (Å²) in [4.78, 5) is 16.4. The molecule has 4 N–H and O–H groups in total. The van der Waals surface area contributed by atoms with Gasteiger partial charge in [0.25, 0.3) is 0 Å². The minimum atomic E-state index is -1.34. The maximum Gasteiger partial charge on any atom is 0.404 e. The van der Waals surface area contributed by atoms with Gasteiger partial charge in [-0.2, -0.15) is 0 Å². The van der Waals surface area contributed by atoms with Crippen LogP contribution < -0.4 is 20.5 Å². The Hall–Kier alpha value is -2.01. The fourth-order valence-corrected chi connectivity index (χ4v) is 6.19. The van der Waals surface area contributed by atoms with Crippen LogP contribution >= 0.6 is 11.3 Å². The first kappa shape index (κ1) is 30.2. The third kappa shape index (κ3) is 10.5. The number of primary amides is 1. The van der Waals surface area contributed by atoms with E-state index in [9.17, 15) is 9.00 Å². The smallest absolute Gasteiger partial charge is 0.404 e. The van der Waals surface area contributed by atoms with Crippen molar-refractivity contribution in [3.63, 3.8) is 0 Å². The predicted octanol–water partition coefficient (Wildman–Crippen LogP) is 5.36. The summed E-state index contributed by atoms with van der Waals surface area (Å²) in [5, 5.41) is 4.29. The Morgan fingerprint density at radius 1 is 1.25 bits per heavy atom. The molecule has 1 aliphatic rings. The number of hydrogen-bond acceptors (Lipinski definition) is 7. The van der Waals surface area contributed by atoms with Gasteiger partial charge in [0.2, 0.25) is 0 Å². The number of hydrogen-bond donors (Lipinski definition) is 3. The first-order chi connectivity index (χ1) is 17.0. The highest BCUT2D eigenvalue weighted by Crippen LogP contribution is 2.39. The van der Waals surface area contributed by atoms with Crippen molar-refractivity contribution in [1.82, 2.24) is 15.0 Å². The molecule has 0 bridgehead atoms. The highest BCUT2D eigenvalue weighted by Gasteiger charge is 2.22. The Morgan fingerprint density at radius 3 is 2.50 bits per heavy atom. The van der Waals surface area contributed by atoms with Gasteiger partial charge >= 0.3 is 6.09 Å². The van der Waals surface area contributed by atoms with Crippen molar-refractivity contribution in [2.45, 2.75) is 89.2 Å². The number of nitrogens with zero attached hydrogens (tertiary/aromatic N) is 1. The zero-order valence-corrected chi connectivity index (χ0v) is 24.0. The van der Waals surface area contributed by atoms with Crippen LogP contribution in [0.5, 0.6) is 5.75 Å². The van der Waals surface area contributed by atoms with Gasteiger partial charge in [0.1, 0.15) is 23.3 Å². The normalized spacial score (nSPS) is 15.2. The standard InChI is InChI=1S/C22H33N3O2S2.C4H9NO2/c1-22(2,3)25-29(26)20-14-17(27-13-12-23-4)10-11-18(20)19-15-24-21(28-19)16-8-6-5-7-9-16;1-3(2)7-4(5)6/h10-11,14-16,23,25H,5-9,12-13H2,1-4H3;3H,1-2H3,(H2,5,6). The van der Waals surface area contributed by atoms with Crippen molar-refractivity contribution in [2.75, 3.05) is 20.2 Å². The molecule has 1 aromatic carbocycles. The number of nitrogens with two attached hydrogens (primary N) is 1. The summed E-state index contributed by atoms with van der Waals surface area (Å²) in [6.45, 7) is 10.9. The Bertz CT molecular complexity index is 983. The number of likely N-dealkylation sites (N-methyl/N-ethyl adjacent to an activating group) is 1. The molecule has 1 aliphatic carbocycles. The molecule has 3 rings (SSSR count). The average molecular weight is 539 g/mol. The quantitative estimate of drug-likeness (QED) is 0.370. The summed E-state index contributed by atoms with van der Waals surface area (Å²) in [6.07, 6.45) is 7.53. The second-order valence-corrected chi connectivity index (χ2v) is 12.4. The van der Waals surface area contributed by atoms with Gasteiger partial charge in [-0.15, -0.1) is 11.3 Å². The molecule has 1 heterocycles. The molecule has 1 aromatic heterocycles. The molecule has 0 aliphatic heterocycles. The minimum Gasteiger partial charge on any atom is -0.492 e. The second kappa shape index (κ2) is 14.7. The van der Waals surface area contributed by atoms with Gasteiger partial charge in [-0.25, -0.2) is 18.7 Å². The highest BCUT2D eigenvalue weighted by atomic mass is 32.2. The molecule has 0 saturated heterocycles. The third-order valence-corrected chi connectivity index (χ3v) is 8.00. The Kier molecular flexibility index (Phi) is 12.3. The van der Waals surface area contributed by atoms with E-state index in [4.69, 9.17) is 9.72 Å². The van der Waals surface area contributed by atoms with E-state index in [1.165, 1.54) is 37.1 Å². The number of rotatable bonds is 9. The van der Waals surface area contributed by atoms with Crippen LogP contribution in [0.15, 0.2) is 29.3 Å². The molecule has 2 aromatic rings. The number of amides is 1. The minimum absolute atomic E-state index is 0.0995. The molecule has 0 spiro atoms. The van der Waals surface area contributed by atoms with Crippen LogP contribution in [0.3, 0.4) is 0 Å². The average Bonchev–Trinajstić information content (AvgIpc) is 3.28. The van der Waals surface area contributed by atoms with Crippen LogP contribution in [0.25, 0.3) is 10.4 Å². The molecule has 0 radical (unpaired) electrons. The van der Waals surface area contributed by atoms with Crippen molar-refractivity contribution >= 4 is 28.4 Å². The molecule has 10 heteroatoms. The van der Waals surface area contributed by atoms with Gasteiger partial charge in [-0.3, -0.25) is 0 Å². The molecular weight excluding hydrogens is 496 g/mol. The van der Waals surface area contributed by atoms with E-state index < -0.39 is 17.1 Å². The Labute approximate surface area is 222 Å². The lowest BCUT2D eigenvalue weighted by Crippen LogP contribution is -2.37.